The Morgan fingerprint density at radius 3 is 2.14 bits per heavy atom. The number of carbonyl (C=O) groups excluding carboxylic acids is 4. The molecule has 3 rings (SSSR count). The monoisotopic (exact) mass is 508 g/mol. The fourth-order valence-electron chi connectivity index (χ4n) is 7.70. The van der Waals surface area contributed by atoms with Crippen molar-refractivity contribution >= 4 is 23.9 Å². The predicted octanol–water partition coefficient (Wildman–Crippen LogP) is 3.52. The summed E-state index contributed by atoms with van der Waals surface area (Å²) >= 11 is 0. The molecule has 0 aromatic heterocycles. The maximum absolute atomic E-state index is 13.3. The molecule has 0 aromatic rings. The van der Waals surface area contributed by atoms with Gasteiger partial charge in [0, 0.05) is 33.1 Å². The largest absolute Gasteiger partial charge is 0.468 e. The maximum atomic E-state index is 13.3. The van der Waals surface area contributed by atoms with Crippen LogP contribution in [0.4, 0.5) is 0 Å². The summed E-state index contributed by atoms with van der Waals surface area (Å²) in [6, 6.07) is 0. The topological polar surface area (TPSA) is 114 Å². The van der Waals surface area contributed by atoms with E-state index in [9.17, 15) is 19.2 Å². The highest BCUT2D eigenvalue weighted by Crippen LogP contribution is 2.66. The second-order valence-electron chi connectivity index (χ2n) is 11.3. The lowest BCUT2D eigenvalue weighted by Gasteiger charge is -2.66. The molecule has 1 aliphatic heterocycles. The maximum Gasteiger partial charge on any atom is 0.315 e. The van der Waals surface area contributed by atoms with Crippen molar-refractivity contribution in [3.05, 3.63) is 12.7 Å². The molecule has 0 spiro atoms. The Kier molecular flexibility index (Phi) is 7.66. The number of ether oxygens (including phenoxy) is 5. The molecular formula is C27H40O9. The number of fused-ring (bicyclic) bond motifs is 3. The van der Waals surface area contributed by atoms with Crippen LogP contribution >= 0.6 is 0 Å². The molecule has 9 nitrogen and oxygen atoms in total. The average Bonchev–Trinajstić information content (AvgIpc) is 2.77. The van der Waals surface area contributed by atoms with Gasteiger partial charge >= 0.3 is 23.9 Å². The van der Waals surface area contributed by atoms with E-state index in [2.05, 4.69) is 13.5 Å². The van der Waals surface area contributed by atoms with Gasteiger partial charge in [-0.25, -0.2) is 0 Å². The molecule has 2 saturated carbocycles. The molecular weight excluding hydrogens is 468 g/mol. The van der Waals surface area contributed by atoms with E-state index in [0.29, 0.717) is 25.7 Å². The molecule has 0 N–H and O–H groups in total. The summed E-state index contributed by atoms with van der Waals surface area (Å²) in [5.74, 6) is -2.24. The molecule has 202 valence electrons. The van der Waals surface area contributed by atoms with Crippen molar-refractivity contribution in [3.8, 4) is 0 Å². The van der Waals surface area contributed by atoms with Crippen LogP contribution in [0, 0.1) is 22.7 Å². The van der Waals surface area contributed by atoms with Gasteiger partial charge in [-0.3, -0.25) is 19.2 Å². The van der Waals surface area contributed by atoms with Gasteiger partial charge in [0.1, 0.15) is 29.8 Å². The Morgan fingerprint density at radius 2 is 1.61 bits per heavy atom. The van der Waals surface area contributed by atoms with Crippen LogP contribution in [0.15, 0.2) is 12.7 Å². The van der Waals surface area contributed by atoms with Crippen LogP contribution in [0.5, 0.6) is 0 Å². The molecule has 9 heteroatoms. The van der Waals surface area contributed by atoms with E-state index < -0.39 is 58.1 Å². The normalized spacial score (nSPS) is 41.6. The van der Waals surface area contributed by atoms with Gasteiger partial charge in [-0.1, -0.05) is 13.0 Å². The first-order valence-corrected chi connectivity index (χ1v) is 12.6. The molecule has 0 aromatic carbocycles. The summed E-state index contributed by atoms with van der Waals surface area (Å²) < 4.78 is 28.9. The van der Waals surface area contributed by atoms with Crippen LogP contribution in [-0.4, -0.2) is 61.0 Å². The highest BCUT2D eigenvalue weighted by atomic mass is 16.6. The van der Waals surface area contributed by atoms with E-state index in [-0.39, 0.29) is 24.9 Å². The van der Waals surface area contributed by atoms with Gasteiger partial charge in [0.25, 0.3) is 0 Å². The van der Waals surface area contributed by atoms with Gasteiger partial charge in [-0.05, 0) is 50.9 Å². The van der Waals surface area contributed by atoms with Crippen molar-refractivity contribution in [1.82, 2.24) is 0 Å². The van der Waals surface area contributed by atoms with Crippen molar-refractivity contribution in [2.24, 2.45) is 22.7 Å². The SMILES string of the molecule is C=C[C@]1(COC(C)=O)C[C@@H](OC(C)=O)[C@@H]2[C@]3(C)CC[C@@H](OC(C)=O)[C@](C)(C(=O)OC)[C@@H]3CC[C@]2(C)O1. The third-order valence-electron chi connectivity index (χ3n) is 8.93. The minimum absolute atomic E-state index is 0.0412. The van der Waals surface area contributed by atoms with Crippen LogP contribution in [0.3, 0.4) is 0 Å². The Labute approximate surface area is 213 Å². The van der Waals surface area contributed by atoms with E-state index in [1.54, 1.807) is 6.08 Å². The van der Waals surface area contributed by atoms with Crippen molar-refractivity contribution in [2.45, 2.75) is 97.1 Å². The molecule has 3 fully saturated rings. The quantitative estimate of drug-likeness (QED) is 0.302. The van der Waals surface area contributed by atoms with Gasteiger partial charge in [0.2, 0.25) is 0 Å². The minimum atomic E-state index is -1.08. The number of hydrogen-bond acceptors (Lipinski definition) is 9. The lowest BCUT2D eigenvalue weighted by Crippen LogP contribution is -2.71. The molecule has 8 atom stereocenters. The summed E-state index contributed by atoms with van der Waals surface area (Å²) in [6.45, 7) is 13.9. The predicted molar refractivity (Wildman–Crippen MR) is 128 cm³/mol. The molecule has 1 saturated heterocycles. The first kappa shape index (κ1) is 28.2. The molecule has 0 unspecified atom stereocenters. The van der Waals surface area contributed by atoms with Gasteiger partial charge in [0.15, 0.2) is 0 Å². The molecule has 0 bridgehead atoms. The number of rotatable bonds is 6. The summed E-state index contributed by atoms with van der Waals surface area (Å²) in [6.07, 6.45) is 2.91. The first-order chi connectivity index (χ1) is 16.7. The van der Waals surface area contributed by atoms with Crippen LogP contribution in [0.25, 0.3) is 0 Å². The Morgan fingerprint density at radius 1 is 0.972 bits per heavy atom. The second-order valence-corrected chi connectivity index (χ2v) is 11.3. The zero-order chi connectivity index (χ0) is 27.1. The highest BCUT2D eigenvalue weighted by molar-refractivity contribution is 5.79. The molecule has 36 heavy (non-hydrogen) atoms. The molecule has 0 amide bonds. The summed E-state index contributed by atoms with van der Waals surface area (Å²) in [4.78, 5) is 49.1. The summed E-state index contributed by atoms with van der Waals surface area (Å²) in [7, 11) is 1.34. The number of methoxy groups -OCH3 is 1. The Bertz CT molecular complexity index is 930. The molecule has 3 aliphatic rings. The summed E-state index contributed by atoms with van der Waals surface area (Å²) in [5.41, 5.74) is -3.38. The molecule has 2 aliphatic carbocycles. The fourth-order valence-corrected chi connectivity index (χ4v) is 7.70. The Balaban J connectivity index is 2.10. The fraction of sp³-hybridized carbons (Fsp3) is 0.778. The lowest BCUT2D eigenvalue weighted by atomic mass is 9.43. The van der Waals surface area contributed by atoms with Gasteiger partial charge in [0.05, 0.1) is 12.7 Å². The van der Waals surface area contributed by atoms with E-state index in [1.807, 2.05) is 13.8 Å². The van der Waals surface area contributed by atoms with Crippen LogP contribution in [0.1, 0.15) is 73.6 Å². The highest BCUT2D eigenvalue weighted by Gasteiger charge is 2.70. The Hall–Kier alpha value is -2.42. The zero-order valence-corrected chi connectivity index (χ0v) is 22.5. The summed E-state index contributed by atoms with van der Waals surface area (Å²) in [5, 5.41) is 0. The van der Waals surface area contributed by atoms with Crippen molar-refractivity contribution in [3.63, 3.8) is 0 Å². The third-order valence-corrected chi connectivity index (χ3v) is 8.93. The molecule has 1 heterocycles. The van der Waals surface area contributed by atoms with Crippen LogP contribution in [0.2, 0.25) is 0 Å². The van der Waals surface area contributed by atoms with Crippen LogP contribution < -0.4 is 0 Å². The van der Waals surface area contributed by atoms with E-state index >= 15 is 0 Å². The number of carbonyl (C=O) groups is 4. The smallest absolute Gasteiger partial charge is 0.315 e. The van der Waals surface area contributed by atoms with Crippen LogP contribution in [-0.2, 0) is 42.9 Å². The van der Waals surface area contributed by atoms with Gasteiger partial charge in [-0.15, -0.1) is 6.58 Å². The third kappa shape index (κ3) is 4.66. The minimum Gasteiger partial charge on any atom is -0.468 e. The first-order valence-electron chi connectivity index (χ1n) is 12.6. The van der Waals surface area contributed by atoms with E-state index in [4.69, 9.17) is 23.7 Å². The van der Waals surface area contributed by atoms with Gasteiger partial charge in [-0.2, -0.15) is 0 Å². The second kappa shape index (κ2) is 9.80. The zero-order valence-electron chi connectivity index (χ0n) is 22.5. The van der Waals surface area contributed by atoms with Crippen molar-refractivity contribution < 1.29 is 42.9 Å². The van der Waals surface area contributed by atoms with E-state index in [1.165, 1.54) is 27.9 Å². The average molecular weight is 509 g/mol. The van der Waals surface area contributed by atoms with Crippen molar-refractivity contribution in [1.29, 1.82) is 0 Å². The van der Waals surface area contributed by atoms with Crippen molar-refractivity contribution in [2.75, 3.05) is 13.7 Å². The molecule has 0 radical (unpaired) electrons. The number of esters is 4. The number of hydrogen-bond donors (Lipinski definition) is 0. The van der Waals surface area contributed by atoms with Gasteiger partial charge < -0.3 is 23.7 Å². The standard InChI is InChI=1S/C27H40O9/c1-9-27(15-33-16(2)28)14-19(34-17(3)29)22-24(5)12-11-21(35-18(4)30)26(7,23(31)32-8)20(24)10-13-25(22,6)36-27/h9,19-22H,1,10-15H2,2-8H3/t19-,20-,21-,22-,24-,25+,26-,27-/m1/s1. The van der Waals surface area contributed by atoms with E-state index in [0.717, 1.165) is 0 Å². The lowest BCUT2D eigenvalue weighted by molar-refractivity contribution is -0.302.